The van der Waals surface area contributed by atoms with Crippen molar-refractivity contribution in [3.05, 3.63) is 279 Å². The minimum Gasteiger partial charge on any atom is -0.306 e. The van der Waals surface area contributed by atoms with Crippen LogP contribution in [0.4, 0.5) is 68.2 Å². The van der Waals surface area contributed by atoms with Gasteiger partial charge in [-0.3, -0.25) is 0 Å². The average molecular weight is 943 g/mol. The van der Waals surface area contributed by atoms with Gasteiger partial charge in [-0.15, -0.1) is 0 Å². The lowest BCUT2D eigenvalue weighted by Crippen LogP contribution is -2.24. The van der Waals surface area contributed by atoms with Crippen LogP contribution in [0.2, 0.25) is 0 Å². The van der Waals surface area contributed by atoms with Crippen LogP contribution in [0.5, 0.6) is 0 Å². The van der Waals surface area contributed by atoms with E-state index in [4.69, 9.17) is 0 Å². The Labute approximate surface area is 430 Å². The maximum Gasteiger partial charge on any atom is 0.0703 e. The lowest BCUT2D eigenvalue weighted by molar-refractivity contribution is 1.18. The third-order valence-electron chi connectivity index (χ3n) is 15.2. The first-order chi connectivity index (χ1) is 36.8. The fourth-order valence-electron chi connectivity index (χ4n) is 12.1. The van der Waals surface area contributed by atoms with E-state index >= 15 is 0 Å². The maximum atomic E-state index is 2.46. The van der Waals surface area contributed by atoms with Crippen LogP contribution in [0.1, 0.15) is 0 Å². The summed E-state index contributed by atoms with van der Waals surface area (Å²) >= 11 is 0. The molecule has 0 radical (unpaired) electrons. The van der Waals surface area contributed by atoms with Crippen LogP contribution in [0, 0.1) is 0 Å². The summed E-state index contributed by atoms with van der Waals surface area (Å²) < 4.78 is 0. The Bertz CT molecular complexity index is 3970. The summed E-state index contributed by atoms with van der Waals surface area (Å²) in [6.45, 7) is 0. The molecule has 4 heteroatoms. The second kappa shape index (κ2) is 16.9. The molecule has 0 saturated carbocycles. The first-order valence-corrected chi connectivity index (χ1v) is 25.4. The molecule has 0 unspecified atom stereocenters. The van der Waals surface area contributed by atoms with Crippen molar-refractivity contribution in [3.8, 4) is 22.3 Å². The van der Waals surface area contributed by atoms with E-state index in [0.717, 1.165) is 68.2 Å². The zero-order valence-electron chi connectivity index (χ0n) is 40.3. The molecule has 0 aromatic heterocycles. The van der Waals surface area contributed by atoms with Crippen molar-refractivity contribution in [2.24, 2.45) is 0 Å². The van der Waals surface area contributed by atoms with Crippen LogP contribution >= 0.6 is 0 Å². The molecule has 2 aliphatic heterocycles. The third-order valence-corrected chi connectivity index (χ3v) is 15.2. The van der Waals surface area contributed by atoms with Gasteiger partial charge in [-0.05, 0) is 140 Å². The Morgan fingerprint density at radius 3 is 0.824 bits per heavy atom. The van der Waals surface area contributed by atoms with Crippen molar-refractivity contribution < 1.29 is 0 Å². The normalized spacial score (nSPS) is 12.8. The predicted molar refractivity (Wildman–Crippen MR) is 313 cm³/mol. The lowest BCUT2D eigenvalue weighted by atomic mass is 9.85. The van der Waals surface area contributed by atoms with Crippen LogP contribution in [0.3, 0.4) is 0 Å². The molecule has 0 atom stereocenters. The first kappa shape index (κ1) is 41.8. The molecule has 74 heavy (non-hydrogen) atoms. The van der Waals surface area contributed by atoms with E-state index < -0.39 is 0 Å². The predicted octanol–water partition coefficient (Wildman–Crippen LogP) is 20.1. The number of nitrogens with zero attached hydrogens (tertiary/aromatic N) is 4. The zero-order valence-corrected chi connectivity index (χ0v) is 40.3. The molecular weight excluding hydrogens is 897 g/mol. The molecule has 2 aliphatic rings. The largest absolute Gasteiger partial charge is 0.306 e. The van der Waals surface area contributed by atoms with E-state index in [1.165, 1.54) is 65.3 Å². The number of para-hydroxylation sites is 8. The molecular formula is C70H46N4. The van der Waals surface area contributed by atoms with Crippen molar-refractivity contribution >= 4 is 111 Å². The number of rotatable bonds is 6. The average Bonchev–Trinajstić information content (AvgIpc) is 3.49. The minimum absolute atomic E-state index is 1.10. The topological polar surface area (TPSA) is 13.0 Å². The van der Waals surface area contributed by atoms with Crippen LogP contribution in [-0.4, -0.2) is 0 Å². The van der Waals surface area contributed by atoms with E-state index in [1.807, 2.05) is 0 Å². The summed E-state index contributed by atoms with van der Waals surface area (Å²) in [6, 6.07) is 102. The van der Waals surface area contributed by atoms with Gasteiger partial charge in [0.05, 0.1) is 56.9 Å². The fraction of sp³-hybridized carbons (Fsp3) is 0. The van der Waals surface area contributed by atoms with Crippen molar-refractivity contribution in [2.45, 2.75) is 0 Å². The van der Waals surface area contributed by atoms with Gasteiger partial charge < -0.3 is 19.6 Å². The van der Waals surface area contributed by atoms with Gasteiger partial charge in [-0.25, -0.2) is 0 Å². The Hall–Kier alpha value is -9.90. The minimum atomic E-state index is 1.10. The van der Waals surface area contributed by atoms with Gasteiger partial charge in [-0.2, -0.15) is 0 Å². The summed E-state index contributed by atoms with van der Waals surface area (Å²) in [7, 11) is 0. The number of anilines is 12. The number of hydrogen-bond acceptors (Lipinski definition) is 4. The van der Waals surface area contributed by atoms with Crippen molar-refractivity contribution in [1.82, 2.24) is 0 Å². The third kappa shape index (κ3) is 6.42. The molecule has 0 bridgehead atoms. The Kier molecular flexibility index (Phi) is 9.54. The molecule has 0 aliphatic carbocycles. The van der Waals surface area contributed by atoms with Crippen molar-refractivity contribution in [3.63, 3.8) is 0 Å². The molecule has 0 N–H and O–H groups in total. The number of hydrogen-bond donors (Lipinski definition) is 0. The van der Waals surface area contributed by atoms with Gasteiger partial charge in [0, 0.05) is 22.1 Å². The van der Waals surface area contributed by atoms with Gasteiger partial charge in [0.25, 0.3) is 0 Å². The molecule has 13 aromatic rings. The van der Waals surface area contributed by atoms with E-state index in [-0.39, 0.29) is 0 Å². The highest BCUT2D eigenvalue weighted by Crippen LogP contribution is 2.58. The maximum absolute atomic E-state index is 2.46. The second-order valence-electron chi connectivity index (χ2n) is 19.2. The molecule has 0 amide bonds. The highest BCUT2D eigenvalue weighted by Gasteiger charge is 2.34. The van der Waals surface area contributed by atoms with Crippen LogP contribution in [0.15, 0.2) is 279 Å². The highest BCUT2D eigenvalue weighted by molar-refractivity contribution is 6.23. The van der Waals surface area contributed by atoms with E-state index in [2.05, 4.69) is 299 Å². The summed E-state index contributed by atoms with van der Waals surface area (Å²) in [5, 5.41) is 9.64. The smallest absolute Gasteiger partial charge is 0.0703 e. The van der Waals surface area contributed by atoms with Gasteiger partial charge >= 0.3 is 0 Å². The molecule has 15 rings (SSSR count). The van der Waals surface area contributed by atoms with E-state index in [9.17, 15) is 0 Å². The Morgan fingerprint density at radius 1 is 0.176 bits per heavy atom. The van der Waals surface area contributed by atoms with Gasteiger partial charge in [0.15, 0.2) is 0 Å². The van der Waals surface area contributed by atoms with Crippen LogP contribution in [0.25, 0.3) is 65.3 Å². The zero-order chi connectivity index (χ0) is 48.7. The quantitative estimate of drug-likeness (QED) is 0.154. The standard InChI is InChI=1S/C70H46N4/c1-3-23-49(24-4-1)69-55-43-41-52(72-63-33-13-17-37-67(63)74(68-38-18-14-34-64(68)72)60-40-20-28-48-22-8-10-30-54(48)60)46-58(55)70(50-25-5-2-6-26-50)56-44-42-51(45-57(56)69)71-61-31-11-15-35-65(61)73(66-36-16-12-32-62(66)71)59-39-19-27-47-21-7-9-29-53(47)59/h1-46H. The highest BCUT2D eigenvalue weighted by atomic mass is 15.3. The lowest BCUT2D eigenvalue weighted by Gasteiger charge is -2.41. The van der Waals surface area contributed by atoms with Gasteiger partial charge in [0.1, 0.15) is 0 Å². The molecule has 0 fully saturated rings. The molecule has 4 nitrogen and oxygen atoms in total. The van der Waals surface area contributed by atoms with Gasteiger partial charge in [-0.1, -0.05) is 194 Å². The molecule has 0 spiro atoms. The molecule has 13 aromatic carbocycles. The summed E-state index contributed by atoms with van der Waals surface area (Å²) in [5.41, 5.74) is 18.3. The fourth-order valence-corrected chi connectivity index (χ4v) is 12.1. The Balaban J connectivity index is 0.962. The molecule has 2 heterocycles. The van der Waals surface area contributed by atoms with Gasteiger partial charge in [0.2, 0.25) is 0 Å². The van der Waals surface area contributed by atoms with E-state index in [1.54, 1.807) is 0 Å². The molecule has 346 valence electrons. The Morgan fingerprint density at radius 2 is 0.459 bits per heavy atom. The SMILES string of the molecule is c1ccc(-c2c3ccc(N4c5ccccc5N(c5cccc6ccccc56)c5ccccc54)cc3c(-c3ccccc3)c3ccc(N4c5ccccc5N(c5cccc6ccccc56)c5ccccc54)cc23)cc1. The van der Waals surface area contributed by atoms with E-state index in [0.29, 0.717) is 0 Å². The number of fused-ring (bicyclic) bond motifs is 8. The monoisotopic (exact) mass is 942 g/mol. The second-order valence-corrected chi connectivity index (χ2v) is 19.2. The number of benzene rings is 13. The first-order valence-electron chi connectivity index (χ1n) is 25.4. The van der Waals surface area contributed by atoms with Crippen molar-refractivity contribution in [1.29, 1.82) is 0 Å². The summed E-state index contributed by atoms with van der Waals surface area (Å²) in [5.74, 6) is 0. The van der Waals surface area contributed by atoms with Crippen LogP contribution in [-0.2, 0) is 0 Å². The molecule has 0 saturated heterocycles. The summed E-state index contributed by atoms with van der Waals surface area (Å²) in [4.78, 5) is 9.81. The summed E-state index contributed by atoms with van der Waals surface area (Å²) in [6.07, 6.45) is 0. The van der Waals surface area contributed by atoms with Crippen molar-refractivity contribution in [2.75, 3.05) is 19.6 Å². The van der Waals surface area contributed by atoms with Crippen LogP contribution < -0.4 is 19.6 Å².